The molecule has 0 heterocycles. The van der Waals surface area contributed by atoms with Crippen LogP contribution in [0.2, 0.25) is 0 Å². The zero-order valence-corrected chi connectivity index (χ0v) is 10.4. The molecule has 0 aliphatic heterocycles. The van der Waals surface area contributed by atoms with Gasteiger partial charge in [0.25, 0.3) is 0 Å². The zero-order valence-electron chi connectivity index (χ0n) is 8.84. The van der Waals surface area contributed by atoms with Crippen molar-refractivity contribution >= 4 is 23.2 Å². The number of hydroxylamine groups is 1. The van der Waals surface area contributed by atoms with Gasteiger partial charge in [-0.3, -0.25) is 10.3 Å². The molecule has 0 bridgehead atoms. The van der Waals surface area contributed by atoms with Crippen LogP contribution in [0.5, 0.6) is 0 Å². The van der Waals surface area contributed by atoms with Crippen LogP contribution in [0, 0.1) is 0 Å². The number of ether oxygens (including phenoxy) is 1. The first-order chi connectivity index (χ1) is 7.27. The van der Waals surface area contributed by atoms with Crippen LogP contribution in [0.25, 0.3) is 0 Å². The molecule has 0 atom stereocenters. The molecule has 0 spiro atoms. The van der Waals surface area contributed by atoms with Crippen LogP contribution in [-0.2, 0) is 9.57 Å². The number of hydrogen-bond acceptors (Lipinski definition) is 3. The van der Waals surface area contributed by atoms with Crippen LogP contribution in [0.15, 0.2) is 23.0 Å². The molecule has 3 nitrogen and oxygen atoms in total. The molecule has 0 saturated heterocycles. The topological polar surface area (TPSA) is 30.5 Å². The van der Waals surface area contributed by atoms with Crippen LogP contribution >= 0.6 is 23.2 Å². The Hall–Kier alpha value is -0.380. The third-order valence-corrected chi connectivity index (χ3v) is 1.81. The van der Waals surface area contributed by atoms with Crippen molar-refractivity contribution < 1.29 is 9.57 Å². The second-order valence-corrected chi connectivity index (χ2v) is 3.81. The summed E-state index contributed by atoms with van der Waals surface area (Å²) in [6.07, 6.45) is 8.12. The lowest BCUT2D eigenvalue weighted by Crippen LogP contribution is -2.06. The second-order valence-electron chi connectivity index (χ2n) is 2.80. The fraction of sp³-hybridized carbons (Fsp3) is 0.600. The predicted octanol–water partition coefficient (Wildman–Crippen LogP) is 3.50. The van der Waals surface area contributed by atoms with Gasteiger partial charge in [0.1, 0.15) is 10.8 Å². The minimum atomic E-state index is 0.191. The summed E-state index contributed by atoms with van der Waals surface area (Å²) in [5.41, 5.74) is 2.56. The number of halogens is 2. The van der Waals surface area contributed by atoms with Gasteiger partial charge in [-0.1, -0.05) is 43.0 Å². The molecule has 0 aromatic carbocycles. The Bertz CT molecular complexity index is 192. The summed E-state index contributed by atoms with van der Waals surface area (Å²) < 4.78 is 5.36. The third-order valence-electron chi connectivity index (χ3n) is 1.50. The second kappa shape index (κ2) is 11.7. The van der Waals surface area contributed by atoms with Gasteiger partial charge < -0.3 is 4.74 Å². The molecule has 5 heteroatoms. The Morgan fingerprint density at radius 2 is 2.13 bits per heavy atom. The van der Waals surface area contributed by atoms with E-state index < -0.39 is 0 Å². The first kappa shape index (κ1) is 14.6. The largest absolute Gasteiger partial charge is 0.500 e. The predicted molar refractivity (Wildman–Crippen MR) is 63.5 cm³/mol. The highest BCUT2D eigenvalue weighted by Crippen LogP contribution is 2.04. The molecule has 1 N–H and O–H groups in total. The zero-order chi connectivity index (χ0) is 11.4. The highest BCUT2D eigenvalue weighted by Gasteiger charge is 1.84. The van der Waals surface area contributed by atoms with Gasteiger partial charge in [0.15, 0.2) is 0 Å². The molecule has 88 valence electrons. The van der Waals surface area contributed by atoms with E-state index in [9.17, 15) is 0 Å². The van der Waals surface area contributed by atoms with Crippen molar-refractivity contribution in [2.24, 2.45) is 0 Å². The Labute approximate surface area is 101 Å². The van der Waals surface area contributed by atoms with Crippen molar-refractivity contribution in [3.8, 4) is 0 Å². The number of hydrogen-bond donors (Lipinski definition) is 1. The molecule has 0 rings (SSSR count). The molecule has 0 aromatic rings. The maximum absolute atomic E-state index is 5.36. The quantitative estimate of drug-likeness (QED) is 0.388. The Morgan fingerprint density at radius 3 is 2.80 bits per heavy atom. The van der Waals surface area contributed by atoms with Crippen molar-refractivity contribution in [2.75, 3.05) is 13.2 Å². The molecule has 0 aromatic heterocycles. The van der Waals surface area contributed by atoms with Crippen molar-refractivity contribution in [1.29, 1.82) is 0 Å². The summed E-state index contributed by atoms with van der Waals surface area (Å²) in [4.78, 5) is 4.91. The summed E-state index contributed by atoms with van der Waals surface area (Å²) >= 11 is 10.7. The average Bonchev–Trinajstić information content (AvgIpc) is 2.20. The summed E-state index contributed by atoms with van der Waals surface area (Å²) in [5.74, 6) is 0. The van der Waals surface area contributed by atoms with Gasteiger partial charge in [0, 0.05) is 0 Å². The molecule has 0 fully saturated rings. The third kappa shape index (κ3) is 13.6. The molecular weight excluding hydrogens is 237 g/mol. The first-order valence-corrected chi connectivity index (χ1v) is 5.68. The van der Waals surface area contributed by atoms with Crippen LogP contribution in [0.4, 0.5) is 0 Å². The fourth-order valence-electron chi connectivity index (χ4n) is 0.780. The molecule has 0 aliphatic carbocycles. The van der Waals surface area contributed by atoms with Crippen molar-refractivity contribution in [3.63, 3.8) is 0 Å². The highest BCUT2D eigenvalue weighted by molar-refractivity contribution is 6.55. The number of nitrogens with one attached hydrogen (secondary N) is 1. The summed E-state index contributed by atoms with van der Waals surface area (Å²) in [7, 11) is 0. The number of rotatable bonds is 9. The van der Waals surface area contributed by atoms with E-state index in [4.69, 9.17) is 32.8 Å². The van der Waals surface area contributed by atoms with Crippen LogP contribution in [-0.4, -0.2) is 13.2 Å². The van der Waals surface area contributed by atoms with Gasteiger partial charge in [-0.25, -0.2) is 0 Å². The highest BCUT2D eigenvalue weighted by atomic mass is 35.5. The van der Waals surface area contributed by atoms with Crippen molar-refractivity contribution in [2.45, 2.75) is 26.2 Å². The van der Waals surface area contributed by atoms with Crippen molar-refractivity contribution in [1.82, 2.24) is 5.48 Å². The minimum absolute atomic E-state index is 0.191. The van der Waals surface area contributed by atoms with E-state index in [2.05, 4.69) is 12.4 Å². The van der Waals surface area contributed by atoms with Gasteiger partial charge in [0.2, 0.25) is 0 Å². The number of unbranched alkanes of at least 4 members (excludes halogenated alkanes) is 2. The monoisotopic (exact) mass is 253 g/mol. The lowest BCUT2D eigenvalue weighted by molar-refractivity contribution is 0.0921. The first-order valence-electron chi connectivity index (χ1n) is 4.92. The molecule has 0 aliphatic rings. The van der Waals surface area contributed by atoms with Crippen LogP contribution in [0.1, 0.15) is 26.2 Å². The molecule has 0 radical (unpaired) electrons. The molecule has 0 unspecified atom stereocenters. The van der Waals surface area contributed by atoms with Gasteiger partial charge in [-0.2, -0.15) is 0 Å². The van der Waals surface area contributed by atoms with E-state index in [1.54, 1.807) is 12.5 Å². The average molecular weight is 254 g/mol. The van der Waals surface area contributed by atoms with Gasteiger partial charge >= 0.3 is 0 Å². The summed E-state index contributed by atoms with van der Waals surface area (Å²) in [6.45, 7) is 3.20. The Kier molecular flexibility index (Phi) is 11.4. The molecule has 0 saturated carbocycles. The summed E-state index contributed by atoms with van der Waals surface area (Å²) in [6, 6.07) is 0. The van der Waals surface area contributed by atoms with E-state index in [1.807, 2.05) is 0 Å². The minimum Gasteiger partial charge on any atom is -0.500 e. The van der Waals surface area contributed by atoms with Gasteiger partial charge in [-0.05, 0) is 12.5 Å². The Balaban J connectivity index is 3.14. The maximum Gasteiger partial charge on any atom is 0.105 e. The molecule has 0 amide bonds. The van der Waals surface area contributed by atoms with E-state index in [-0.39, 0.29) is 4.49 Å². The smallest absolute Gasteiger partial charge is 0.105 e. The molecule has 15 heavy (non-hydrogen) atoms. The standard InChI is InChI=1S/C10H17Cl2NO2/c1-2-3-4-7-14-9-6-13-15-8-5-10(11)12/h5-6,9,13H,2-4,7-8H2,1H3. The summed E-state index contributed by atoms with van der Waals surface area (Å²) in [5, 5.41) is 0. The van der Waals surface area contributed by atoms with Crippen LogP contribution < -0.4 is 5.48 Å². The maximum atomic E-state index is 5.36. The van der Waals surface area contributed by atoms with Crippen molar-refractivity contribution in [3.05, 3.63) is 23.0 Å². The normalized spacial score (nSPS) is 10.3. The van der Waals surface area contributed by atoms with Gasteiger partial charge in [-0.15, -0.1) is 0 Å². The lowest BCUT2D eigenvalue weighted by Gasteiger charge is -2.00. The van der Waals surface area contributed by atoms with E-state index >= 15 is 0 Å². The van der Waals surface area contributed by atoms with E-state index in [0.717, 1.165) is 13.0 Å². The molecular formula is C10H17Cl2NO2. The van der Waals surface area contributed by atoms with Crippen LogP contribution in [0.3, 0.4) is 0 Å². The van der Waals surface area contributed by atoms with E-state index in [1.165, 1.54) is 18.9 Å². The fourth-order valence-corrected chi connectivity index (χ4v) is 0.906. The SMILES string of the molecule is CCCCCOC=CNOCC=C(Cl)Cl. The van der Waals surface area contributed by atoms with E-state index in [0.29, 0.717) is 6.61 Å². The van der Waals surface area contributed by atoms with Gasteiger partial charge in [0.05, 0.1) is 19.4 Å². The lowest BCUT2D eigenvalue weighted by atomic mass is 10.3. The Morgan fingerprint density at radius 1 is 1.33 bits per heavy atom.